The lowest BCUT2D eigenvalue weighted by molar-refractivity contribution is 0.0944. The lowest BCUT2D eigenvalue weighted by Gasteiger charge is -2.09. The van der Waals surface area contributed by atoms with Gasteiger partial charge in [0.2, 0.25) is 0 Å². The minimum absolute atomic E-state index is 0.155. The van der Waals surface area contributed by atoms with Gasteiger partial charge in [0, 0.05) is 18.0 Å². The van der Waals surface area contributed by atoms with Crippen LogP contribution in [0.1, 0.15) is 10.4 Å². The molecule has 132 valence electrons. The van der Waals surface area contributed by atoms with Crippen LogP contribution in [-0.2, 0) is 10.0 Å². The summed E-state index contributed by atoms with van der Waals surface area (Å²) in [6.07, 6.45) is 2.90. The van der Waals surface area contributed by atoms with Gasteiger partial charge in [-0.1, -0.05) is 42.5 Å². The molecule has 0 saturated heterocycles. The van der Waals surface area contributed by atoms with E-state index in [0.717, 1.165) is 17.7 Å². The molecule has 0 fully saturated rings. The Hall–Kier alpha value is -3.10. The molecule has 0 saturated carbocycles. The standard InChI is InChI=1S/C18H14FN3O3S/c19-16-8-4-5-9-17(16)26(24,25)22-21-18(23)15-10-14(11-20-12-15)13-6-2-1-3-7-13/h1-12,22H,(H,21,23). The van der Waals surface area contributed by atoms with Crippen LogP contribution >= 0.6 is 0 Å². The number of hydrazine groups is 1. The van der Waals surface area contributed by atoms with E-state index in [0.29, 0.717) is 5.56 Å². The van der Waals surface area contributed by atoms with Crippen molar-refractivity contribution in [3.63, 3.8) is 0 Å². The molecular weight excluding hydrogens is 357 g/mol. The van der Waals surface area contributed by atoms with Crippen LogP contribution in [0.3, 0.4) is 0 Å². The van der Waals surface area contributed by atoms with Crippen molar-refractivity contribution in [3.05, 3.63) is 84.4 Å². The number of carbonyl (C=O) groups is 1. The van der Waals surface area contributed by atoms with Crippen LogP contribution < -0.4 is 10.3 Å². The molecule has 6 nitrogen and oxygen atoms in total. The summed E-state index contributed by atoms with van der Waals surface area (Å²) in [5.74, 6) is -1.63. The van der Waals surface area contributed by atoms with Crippen LogP contribution in [0, 0.1) is 5.82 Å². The van der Waals surface area contributed by atoms with Gasteiger partial charge in [-0.25, -0.2) is 12.8 Å². The van der Waals surface area contributed by atoms with Crippen molar-refractivity contribution in [2.75, 3.05) is 0 Å². The molecular formula is C18H14FN3O3S. The molecule has 1 heterocycles. The fourth-order valence-electron chi connectivity index (χ4n) is 2.26. The fraction of sp³-hybridized carbons (Fsp3) is 0. The summed E-state index contributed by atoms with van der Waals surface area (Å²) in [6, 6.07) is 15.7. The van der Waals surface area contributed by atoms with Gasteiger partial charge in [0.15, 0.2) is 0 Å². The molecule has 0 aliphatic heterocycles. The zero-order chi connectivity index (χ0) is 18.6. The van der Waals surface area contributed by atoms with Crippen molar-refractivity contribution in [1.29, 1.82) is 0 Å². The number of sulfonamides is 1. The molecule has 1 amide bonds. The van der Waals surface area contributed by atoms with Gasteiger partial charge in [0.25, 0.3) is 15.9 Å². The maximum Gasteiger partial charge on any atom is 0.267 e. The van der Waals surface area contributed by atoms with E-state index >= 15 is 0 Å². The van der Waals surface area contributed by atoms with Crippen LogP contribution in [0.25, 0.3) is 11.1 Å². The van der Waals surface area contributed by atoms with Gasteiger partial charge in [-0.05, 0) is 23.8 Å². The van der Waals surface area contributed by atoms with Crippen LogP contribution in [0.4, 0.5) is 4.39 Å². The number of hydrogen-bond donors (Lipinski definition) is 2. The van der Waals surface area contributed by atoms with Gasteiger partial charge < -0.3 is 0 Å². The van der Waals surface area contributed by atoms with Crippen molar-refractivity contribution in [2.24, 2.45) is 0 Å². The number of amides is 1. The molecule has 2 N–H and O–H groups in total. The Balaban J connectivity index is 1.76. The van der Waals surface area contributed by atoms with Gasteiger partial charge >= 0.3 is 0 Å². The Morgan fingerprint density at radius 1 is 0.923 bits per heavy atom. The Morgan fingerprint density at radius 3 is 2.35 bits per heavy atom. The lowest BCUT2D eigenvalue weighted by Crippen LogP contribution is -2.41. The van der Waals surface area contributed by atoms with Crippen molar-refractivity contribution >= 4 is 15.9 Å². The summed E-state index contributed by atoms with van der Waals surface area (Å²) in [5, 5.41) is 0. The second-order valence-electron chi connectivity index (χ2n) is 5.32. The van der Waals surface area contributed by atoms with Crippen molar-refractivity contribution < 1.29 is 17.6 Å². The van der Waals surface area contributed by atoms with Crippen LogP contribution in [0.5, 0.6) is 0 Å². The first-order valence-corrected chi connectivity index (χ1v) is 9.03. The third-order valence-corrected chi connectivity index (χ3v) is 4.81. The molecule has 0 atom stereocenters. The summed E-state index contributed by atoms with van der Waals surface area (Å²) in [5.41, 5.74) is 3.78. The third kappa shape index (κ3) is 3.93. The summed E-state index contributed by atoms with van der Waals surface area (Å²) >= 11 is 0. The Kier molecular flexibility index (Phi) is 5.06. The number of carbonyl (C=O) groups excluding carboxylic acids is 1. The summed E-state index contributed by atoms with van der Waals surface area (Å²) in [6.45, 7) is 0. The van der Waals surface area contributed by atoms with E-state index < -0.39 is 26.6 Å². The van der Waals surface area contributed by atoms with Crippen LogP contribution in [0.2, 0.25) is 0 Å². The molecule has 0 spiro atoms. The van der Waals surface area contributed by atoms with Gasteiger partial charge in [-0.15, -0.1) is 4.83 Å². The average molecular weight is 371 g/mol. The SMILES string of the molecule is O=C(NNS(=O)(=O)c1ccccc1F)c1cncc(-c2ccccc2)c1. The quantitative estimate of drug-likeness (QED) is 0.675. The smallest absolute Gasteiger partial charge is 0.267 e. The van der Waals surface area contributed by atoms with Crippen LogP contribution in [-0.4, -0.2) is 19.3 Å². The number of hydrogen-bond acceptors (Lipinski definition) is 4. The first-order valence-electron chi connectivity index (χ1n) is 7.54. The molecule has 0 bridgehead atoms. The van der Waals surface area contributed by atoms with Crippen molar-refractivity contribution in [2.45, 2.75) is 4.90 Å². The highest BCUT2D eigenvalue weighted by atomic mass is 32.2. The molecule has 0 aliphatic rings. The van der Waals surface area contributed by atoms with E-state index in [4.69, 9.17) is 0 Å². The van der Waals surface area contributed by atoms with Gasteiger partial charge in [0.05, 0.1) is 5.56 Å². The predicted octanol–water partition coefficient (Wildman–Crippen LogP) is 2.51. The largest absolute Gasteiger partial charge is 0.273 e. The summed E-state index contributed by atoms with van der Waals surface area (Å²) < 4.78 is 37.8. The van der Waals surface area contributed by atoms with Crippen molar-refractivity contribution in [1.82, 2.24) is 15.2 Å². The lowest BCUT2D eigenvalue weighted by atomic mass is 10.1. The topological polar surface area (TPSA) is 88.2 Å². The number of nitrogens with zero attached hydrogens (tertiary/aromatic N) is 1. The van der Waals surface area contributed by atoms with E-state index in [1.54, 1.807) is 12.3 Å². The number of halogens is 1. The van der Waals surface area contributed by atoms with Gasteiger partial charge in [-0.2, -0.15) is 0 Å². The zero-order valence-corrected chi connectivity index (χ0v) is 14.2. The molecule has 26 heavy (non-hydrogen) atoms. The number of pyridine rings is 1. The number of benzene rings is 2. The zero-order valence-electron chi connectivity index (χ0n) is 13.4. The molecule has 1 aromatic heterocycles. The van der Waals surface area contributed by atoms with Crippen molar-refractivity contribution in [3.8, 4) is 11.1 Å². The van der Waals surface area contributed by atoms with Gasteiger partial charge in [-0.3, -0.25) is 15.2 Å². The minimum Gasteiger partial charge on any atom is -0.273 e. The molecule has 0 radical (unpaired) electrons. The Labute approximate surface area is 149 Å². The monoisotopic (exact) mass is 371 g/mol. The Morgan fingerprint density at radius 2 is 1.62 bits per heavy atom. The fourth-order valence-corrected chi connectivity index (χ4v) is 3.18. The number of nitrogens with one attached hydrogen (secondary N) is 2. The highest BCUT2D eigenvalue weighted by molar-refractivity contribution is 7.89. The summed E-state index contributed by atoms with van der Waals surface area (Å²) in [4.78, 5) is 17.5. The molecule has 2 aromatic carbocycles. The maximum absolute atomic E-state index is 13.6. The Bertz CT molecular complexity index is 1040. The van der Waals surface area contributed by atoms with E-state index in [1.807, 2.05) is 35.2 Å². The number of rotatable bonds is 5. The normalized spacial score (nSPS) is 11.1. The van der Waals surface area contributed by atoms with E-state index in [9.17, 15) is 17.6 Å². The molecule has 8 heteroatoms. The highest BCUT2D eigenvalue weighted by Crippen LogP contribution is 2.18. The number of aromatic nitrogens is 1. The average Bonchev–Trinajstić information content (AvgIpc) is 2.67. The first kappa shape index (κ1) is 17.7. The molecule has 0 unspecified atom stereocenters. The molecule has 3 rings (SSSR count). The predicted molar refractivity (Wildman–Crippen MR) is 93.9 cm³/mol. The highest BCUT2D eigenvalue weighted by Gasteiger charge is 2.19. The second kappa shape index (κ2) is 7.42. The van der Waals surface area contributed by atoms with Gasteiger partial charge in [0.1, 0.15) is 10.7 Å². The van der Waals surface area contributed by atoms with E-state index in [-0.39, 0.29) is 5.56 Å². The first-order chi connectivity index (χ1) is 12.5. The van der Waals surface area contributed by atoms with Crippen LogP contribution in [0.15, 0.2) is 78.0 Å². The molecule has 0 aliphatic carbocycles. The second-order valence-corrected chi connectivity index (χ2v) is 6.97. The third-order valence-electron chi connectivity index (χ3n) is 3.53. The van der Waals surface area contributed by atoms with E-state index in [1.165, 1.54) is 18.3 Å². The van der Waals surface area contributed by atoms with E-state index in [2.05, 4.69) is 10.4 Å². The minimum atomic E-state index is -4.23. The molecule has 3 aromatic rings. The maximum atomic E-state index is 13.6. The summed E-state index contributed by atoms with van der Waals surface area (Å²) in [7, 11) is -4.23.